The summed E-state index contributed by atoms with van der Waals surface area (Å²) < 4.78 is 26.1. The Labute approximate surface area is 70.8 Å². The van der Waals surface area contributed by atoms with Gasteiger partial charge in [0.25, 0.3) is 0 Å². The standard InChI is InChI=1S/C9H12F2N/c1-12(2,3)8-6-4-5-7(10)9(8)11/h4-6H,1-3H3/q+1. The van der Waals surface area contributed by atoms with Crippen molar-refractivity contribution in [1.29, 1.82) is 0 Å². The van der Waals surface area contributed by atoms with Gasteiger partial charge in [-0.15, -0.1) is 0 Å². The second kappa shape index (κ2) is 2.83. The van der Waals surface area contributed by atoms with E-state index in [4.69, 9.17) is 0 Å². The molecule has 0 bridgehead atoms. The summed E-state index contributed by atoms with van der Waals surface area (Å²) >= 11 is 0. The number of nitrogens with zero attached hydrogens (tertiary/aromatic N) is 1. The quantitative estimate of drug-likeness (QED) is 0.569. The van der Waals surface area contributed by atoms with Crippen LogP contribution in [0.4, 0.5) is 14.5 Å². The van der Waals surface area contributed by atoms with Crippen LogP contribution in [0.25, 0.3) is 0 Å². The zero-order valence-electron chi connectivity index (χ0n) is 7.44. The first-order chi connectivity index (χ1) is 5.43. The molecule has 0 aliphatic carbocycles. The predicted octanol–water partition coefficient (Wildman–Crippen LogP) is 2.16. The molecule has 0 saturated heterocycles. The number of halogens is 2. The lowest BCUT2D eigenvalue weighted by atomic mass is 10.2. The van der Waals surface area contributed by atoms with E-state index >= 15 is 0 Å². The summed E-state index contributed by atoms with van der Waals surface area (Å²) in [5.74, 6) is -1.55. The first-order valence-corrected chi connectivity index (χ1v) is 3.69. The first kappa shape index (κ1) is 9.13. The lowest BCUT2D eigenvalue weighted by Gasteiger charge is -2.23. The van der Waals surface area contributed by atoms with E-state index in [1.807, 2.05) is 0 Å². The van der Waals surface area contributed by atoms with Gasteiger partial charge in [-0.25, -0.2) is 4.39 Å². The van der Waals surface area contributed by atoms with Crippen LogP contribution in [-0.4, -0.2) is 21.1 Å². The summed E-state index contributed by atoms with van der Waals surface area (Å²) in [5.41, 5.74) is 0.356. The van der Waals surface area contributed by atoms with Crippen LogP contribution in [0.5, 0.6) is 0 Å². The van der Waals surface area contributed by atoms with E-state index < -0.39 is 11.6 Å². The van der Waals surface area contributed by atoms with Crippen molar-refractivity contribution in [3.8, 4) is 0 Å². The highest BCUT2D eigenvalue weighted by atomic mass is 19.2. The van der Waals surface area contributed by atoms with Gasteiger partial charge >= 0.3 is 0 Å². The van der Waals surface area contributed by atoms with Crippen molar-refractivity contribution in [3.63, 3.8) is 0 Å². The summed E-state index contributed by atoms with van der Waals surface area (Å²) in [6.07, 6.45) is 0. The molecule has 0 atom stereocenters. The molecular formula is C9H12F2N+. The zero-order valence-corrected chi connectivity index (χ0v) is 7.44. The van der Waals surface area contributed by atoms with Crippen molar-refractivity contribution in [2.45, 2.75) is 0 Å². The summed E-state index contributed by atoms with van der Waals surface area (Å²) in [6.45, 7) is 0. The van der Waals surface area contributed by atoms with E-state index in [2.05, 4.69) is 0 Å². The topological polar surface area (TPSA) is 0 Å². The van der Waals surface area contributed by atoms with E-state index in [9.17, 15) is 8.78 Å². The Morgan fingerprint density at radius 2 is 1.67 bits per heavy atom. The second-order valence-corrected chi connectivity index (χ2v) is 3.59. The predicted molar refractivity (Wildman–Crippen MR) is 45.9 cm³/mol. The van der Waals surface area contributed by atoms with Gasteiger partial charge in [0.2, 0.25) is 5.82 Å². The van der Waals surface area contributed by atoms with E-state index in [-0.39, 0.29) is 4.48 Å². The number of hydrogen-bond acceptors (Lipinski definition) is 0. The molecule has 12 heavy (non-hydrogen) atoms. The minimum absolute atomic E-state index is 0.281. The molecular weight excluding hydrogens is 160 g/mol. The Morgan fingerprint density at radius 1 is 1.08 bits per heavy atom. The van der Waals surface area contributed by atoms with Gasteiger partial charge in [-0.05, 0) is 6.07 Å². The zero-order chi connectivity index (χ0) is 9.35. The van der Waals surface area contributed by atoms with E-state index in [0.29, 0.717) is 5.69 Å². The highest BCUT2D eigenvalue weighted by molar-refractivity contribution is 5.42. The number of hydrogen-bond donors (Lipinski definition) is 0. The third-order valence-electron chi connectivity index (χ3n) is 1.65. The summed E-state index contributed by atoms with van der Waals surface area (Å²) in [6, 6.07) is 4.21. The minimum Gasteiger partial charge on any atom is -0.296 e. The maximum absolute atomic E-state index is 13.1. The third kappa shape index (κ3) is 1.61. The fraction of sp³-hybridized carbons (Fsp3) is 0.333. The molecule has 1 aromatic carbocycles. The SMILES string of the molecule is C[N+](C)(C)c1cccc(F)c1F. The number of rotatable bonds is 1. The number of benzene rings is 1. The fourth-order valence-electron chi connectivity index (χ4n) is 1.01. The van der Waals surface area contributed by atoms with Gasteiger partial charge in [-0.2, -0.15) is 4.39 Å². The Bertz CT molecular complexity index is 289. The van der Waals surface area contributed by atoms with E-state index in [1.54, 1.807) is 27.2 Å². The van der Waals surface area contributed by atoms with Crippen molar-refractivity contribution in [2.24, 2.45) is 0 Å². The fourth-order valence-corrected chi connectivity index (χ4v) is 1.01. The van der Waals surface area contributed by atoms with Gasteiger partial charge in [0.15, 0.2) is 11.5 Å². The first-order valence-electron chi connectivity index (χ1n) is 3.69. The van der Waals surface area contributed by atoms with Crippen LogP contribution in [0.2, 0.25) is 0 Å². The smallest absolute Gasteiger partial charge is 0.219 e. The summed E-state index contributed by atoms with van der Waals surface area (Å²) in [5, 5.41) is 0. The molecule has 0 aliphatic heterocycles. The van der Waals surface area contributed by atoms with Gasteiger partial charge in [-0.3, -0.25) is 4.48 Å². The normalized spacial score (nSPS) is 11.8. The van der Waals surface area contributed by atoms with Gasteiger partial charge < -0.3 is 0 Å². The average Bonchev–Trinajstić information content (AvgIpc) is 1.92. The molecule has 0 radical (unpaired) electrons. The molecule has 0 spiro atoms. The molecule has 3 heteroatoms. The van der Waals surface area contributed by atoms with Crippen LogP contribution in [0.3, 0.4) is 0 Å². The van der Waals surface area contributed by atoms with Gasteiger partial charge in [0.1, 0.15) is 0 Å². The molecule has 1 nitrogen and oxygen atoms in total. The minimum atomic E-state index is -0.791. The van der Waals surface area contributed by atoms with Crippen LogP contribution in [0.15, 0.2) is 18.2 Å². The van der Waals surface area contributed by atoms with Crippen LogP contribution < -0.4 is 4.48 Å². The molecule has 0 heterocycles. The van der Waals surface area contributed by atoms with Crippen molar-refractivity contribution in [1.82, 2.24) is 4.48 Å². The Morgan fingerprint density at radius 3 is 2.08 bits per heavy atom. The van der Waals surface area contributed by atoms with Crippen LogP contribution in [0, 0.1) is 11.6 Å². The Balaban J connectivity index is 3.26. The van der Waals surface area contributed by atoms with E-state index in [1.165, 1.54) is 6.07 Å². The lowest BCUT2D eigenvalue weighted by Crippen LogP contribution is -2.35. The molecule has 0 saturated carbocycles. The number of quaternary nitrogens is 1. The average molecular weight is 172 g/mol. The third-order valence-corrected chi connectivity index (χ3v) is 1.65. The van der Waals surface area contributed by atoms with Crippen molar-refractivity contribution in [3.05, 3.63) is 29.8 Å². The molecule has 66 valence electrons. The van der Waals surface area contributed by atoms with Gasteiger partial charge in [0.05, 0.1) is 21.1 Å². The lowest BCUT2D eigenvalue weighted by molar-refractivity contribution is 0.433. The molecule has 0 aliphatic rings. The summed E-state index contributed by atoms with van der Waals surface area (Å²) in [7, 11) is 5.37. The maximum atomic E-state index is 13.1. The largest absolute Gasteiger partial charge is 0.296 e. The molecule has 0 unspecified atom stereocenters. The van der Waals surface area contributed by atoms with Crippen molar-refractivity contribution < 1.29 is 8.78 Å². The van der Waals surface area contributed by atoms with Crippen LogP contribution in [-0.2, 0) is 0 Å². The maximum Gasteiger partial charge on any atom is 0.219 e. The van der Waals surface area contributed by atoms with Gasteiger partial charge in [-0.1, -0.05) is 6.07 Å². The molecule has 1 rings (SSSR count). The Hall–Kier alpha value is -0.960. The molecule has 1 aromatic rings. The molecule has 0 amide bonds. The van der Waals surface area contributed by atoms with E-state index in [0.717, 1.165) is 6.07 Å². The van der Waals surface area contributed by atoms with Crippen LogP contribution in [0.1, 0.15) is 0 Å². The van der Waals surface area contributed by atoms with Crippen molar-refractivity contribution >= 4 is 5.69 Å². The van der Waals surface area contributed by atoms with Crippen molar-refractivity contribution in [2.75, 3.05) is 21.1 Å². The summed E-state index contributed by atoms with van der Waals surface area (Å²) in [4.78, 5) is 0. The molecule has 0 fully saturated rings. The van der Waals surface area contributed by atoms with Crippen LogP contribution >= 0.6 is 0 Å². The second-order valence-electron chi connectivity index (χ2n) is 3.59. The molecule has 0 N–H and O–H groups in total. The monoisotopic (exact) mass is 172 g/mol. The molecule has 0 aromatic heterocycles. The highest BCUT2D eigenvalue weighted by Crippen LogP contribution is 2.22. The van der Waals surface area contributed by atoms with Gasteiger partial charge in [0, 0.05) is 6.07 Å². The highest BCUT2D eigenvalue weighted by Gasteiger charge is 2.20. The Kier molecular flexibility index (Phi) is 2.15.